The molecule has 3 aliphatic heterocycles. The molecule has 3 aliphatic rings. The first-order valence-electron chi connectivity index (χ1n) is 12.1. The number of allylic oxidation sites excluding steroid dienone is 1. The second-order valence-corrected chi connectivity index (χ2v) is 9.83. The minimum Gasteiger partial charge on any atom is -0.478 e. The molecule has 0 spiro atoms. The molecule has 0 saturated heterocycles. The lowest BCUT2D eigenvalue weighted by Gasteiger charge is -2.39. The molecule has 1 atom stereocenters. The third kappa shape index (κ3) is 3.60. The molecule has 2 nitrogen and oxygen atoms in total. The summed E-state index contributed by atoms with van der Waals surface area (Å²) >= 11 is 0. The Morgan fingerprint density at radius 1 is 1.13 bits per heavy atom. The van der Waals surface area contributed by atoms with Crippen molar-refractivity contribution in [2.75, 3.05) is 18.0 Å². The Morgan fingerprint density at radius 2 is 1.84 bits per heavy atom. The number of aryl methyl sites for hydroxylation is 3. The highest BCUT2D eigenvalue weighted by molar-refractivity contribution is 5.75. The average Bonchev–Trinajstić information content (AvgIpc) is 2.76. The summed E-state index contributed by atoms with van der Waals surface area (Å²) in [5.41, 5.74) is 10.7. The topological polar surface area (TPSA) is 12.5 Å². The minimum absolute atomic E-state index is 0.424. The van der Waals surface area contributed by atoms with Gasteiger partial charge < -0.3 is 9.64 Å². The predicted octanol–water partition coefficient (Wildman–Crippen LogP) is 7.22. The van der Waals surface area contributed by atoms with E-state index in [4.69, 9.17) is 4.74 Å². The molecule has 162 valence electrons. The van der Waals surface area contributed by atoms with E-state index in [9.17, 15) is 0 Å². The van der Waals surface area contributed by atoms with E-state index in [-0.39, 0.29) is 0 Å². The van der Waals surface area contributed by atoms with Gasteiger partial charge in [0.2, 0.25) is 0 Å². The average molecular weight is 414 g/mol. The highest BCUT2D eigenvalue weighted by Gasteiger charge is 2.33. The molecule has 31 heavy (non-hydrogen) atoms. The van der Waals surface area contributed by atoms with Crippen LogP contribution in [-0.2, 0) is 18.4 Å². The summed E-state index contributed by atoms with van der Waals surface area (Å²) in [7, 11) is 0. The lowest BCUT2D eigenvalue weighted by atomic mass is 9.83. The van der Waals surface area contributed by atoms with E-state index >= 15 is 0 Å². The normalized spacial score (nSPS) is 22.1. The van der Waals surface area contributed by atoms with Crippen molar-refractivity contribution < 1.29 is 4.74 Å². The van der Waals surface area contributed by atoms with Gasteiger partial charge in [0.25, 0.3) is 0 Å². The van der Waals surface area contributed by atoms with Gasteiger partial charge in [-0.2, -0.15) is 0 Å². The van der Waals surface area contributed by atoms with Crippen LogP contribution in [0.2, 0.25) is 0 Å². The van der Waals surface area contributed by atoms with Crippen LogP contribution < -0.4 is 9.64 Å². The summed E-state index contributed by atoms with van der Waals surface area (Å²) in [6, 6.07) is 9.21. The molecule has 0 N–H and O–H groups in total. The molecular weight excluding hydrogens is 378 g/mol. The first-order chi connectivity index (χ1) is 15.0. The molecule has 0 amide bonds. The SMILES string of the molecule is CCC/C(C)=C\c1c(C)ccc2c1C=C[C@@](C)(c1cc3c4c(c1)CCCN4CCC3)O2. The maximum atomic E-state index is 6.75. The van der Waals surface area contributed by atoms with Crippen LogP contribution in [-0.4, -0.2) is 13.1 Å². The predicted molar refractivity (Wildman–Crippen MR) is 132 cm³/mol. The van der Waals surface area contributed by atoms with Gasteiger partial charge >= 0.3 is 0 Å². The summed E-state index contributed by atoms with van der Waals surface area (Å²) in [6.45, 7) is 11.3. The number of nitrogens with zero attached hydrogens (tertiary/aromatic N) is 1. The van der Waals surface area contributed by atoms with Crippen molar-refractivity contribution in [1.82, 2.24) is 0 Å². The lowest BCUT2D eigenvalue weighted by molar-refractivity contribution is 0.138. The van der Waals surface area contributed by atoms with Crippen molar-refractivity contribution >= 4 is 17.8 Å². The molecule has 0 radical (unpaired) electrons. The summed E-state index contributed by atoms with van der Waals surface area (Å²) in [4.78, 5) is 2.61. The summed E-state index contributed by atoms with van der Waals surface area (Å²) in [6.07, 6.45) is 14.1. The third-order valence-corrected chi connectivity index (χ3v) is 7.30. The van der Waals surface area contributed by atoms with Crippen LogP contribution in [0.1, 0.15) is 79.8 Å². The summed E-state index contributed by atoms with van der Waals surface area (Å²) in [5.74, 6) is 0.999. The quantitative estimate of drug-likeness (QED) is 0.525. The number of ether oxygens (including phenoxy) is 1. The molecule has 0 unspecified atom stereocenters. The van der Waals surface area contributed by atoms with Crippen LogP contribution in [0.5, 0.6) is 5.75 Å². The molecule has 2 heteroatoms. The van der Waals surface area contributed by atoms with Gasteiger partial charge in [-0.15, -0.1) is 0 Å². The van der Waals surface area contributed by atoms with Crippen LogP contribution >= 0.6 is 0 Å². The number of anilines is 1. The van der Waals surface area contributed by atoms with E-state index in [2.05, 4.69) is 75.1 Å². The zero-order valence-corrected chi connectivity index (χ0v) is 19.6. The van der Waals surface area contributed by atoms with Gasteiger partial charge in [0.1, 0.15) is 11.4 Å². The van der Waals surface area contributed by atoms with E-state index in [1.807, 2.05) is 0 Å². The van der Waals surface area contributed by atoms with Crippen molar-refractivity contribution in [1.29, 1.82) is 0 Å². The van der Waals surface area contributed by atoms with Crippen LogP contribution in [0.3, 0.4) is 0 Å². The van der Waals surface area contributed by atoms with Gasteiger partial charge in [0.05, 0.1) is 0 Å². The lowest BCUT2D eigenvalue weighted by Crippen LogP contribution is -2.36. The van der Waals surface area contributed by atoms with E-state index in [0.717, 1.165) is 12.2 Å². The fourth-order valence-electron chi connectivity index (χ4n) is 5.64. The van der Waals surface area contributed by atoms with E-state index in [1.165, 1.54) is 89.8 Å². The van der Waals surface area contributed by atoms with Crippen molar-refractivity contribution in [3.8, 4) is 5.75 Å². The maximum absolute atomic E-state index is 6.75. The van der Waals surface area contributed by atoms with E-state index in [1.54, 1.807) is 0 Å². The molecule has 0 bridgehead atoms. The Balaban J connectivity index is 1.54. The number of fused-ring (bicyclic) bond motifs is 1. The van der Waals surface area contributed by atoms with E-state index < -0.39 is 5.60 Å². The molecule has 3 heterocycles. The van der Waals surface area contributed by atoms with Crippen molar-refractivity contribution in [3.63, 3.8) is 0 Å². The van der Waals surface area contributed by atoms with Gasteiger partial charge in [-0.25, -0.2) is 0 Å². The Bertz CT molecular complexity index is 1050. The molecule has 0 fully saturated rings. The number of hydrogen-bond donors (Lipinski definition) is 0. The largest absolute Gasteiger partial charge is 0.478 e. The van der Waals surface area contributed by atoms with Crippen LogP contribution in [0.15, 0.2) is 35.9 Å². The Morgan fingerprint density at radius 3 is 2.52 bits per heavy atom. The van der Waals surface area contributed by atoms with Crippen molar-refractivity contribution in [2.24, 2.45) is 0 Å². The van der Waals surface area contributed by atoms with Crippen LogP contribution in [0.25, 0.3) is 12.2 Å². The van der Waals surface area contributed by atoms with Gasteiger partial charge in [-0.1, -0.05) is 37.1 Å². The van der Waals surface area contributed by atoms with Crippen LogP contribution in [0.4, 0.5) is 5.69 Å². The van der Waals surface area contributed by atoms with E-state index in [0.29, 0.717) is 0 Å². The molecule has 2 aromatic carbocycles. The fourth-order valence-corrected chi connectivity index (χ4v) is 5.64. The van der Waals surface area contributed by atoms with Crippen molar-refractivity contribution in [2.45, 2.75) is 71.8 Å². The second-order valence-electron chi connectivity index (χ2n) is 9.83. The van der Waals surface area contributed by atoms with Gasteiger partial charge in [-0.05, 0) is 105 Å². The monoisotopic (exact) mass is 413 g/mol. The second kappa shape index (κ2) is 7.89. The highest BCUT2D eigenvalue weighted by atomic mass is 16.5. The minimum atomic E-state index is -0.424. The molecule has 0 saturated carbocycles. The molecular formula is C29H35NO. The number of rotatable bonds is 4. The Labute approximate surface area is 187 Å². The van der Waals surface area contributed by atoms with Crippen LogP contribution in [0, 0.1) is 6.92 Å². The molecule has 0 aliphatic carbocycles. The van der Waals surface area contributed by atoms with Gasteiger partial charge in [-0.3, -0.25) is 0 Å². The fraction of sp³-hybridized carbons (Fsp3) is 0.448. The smallest absolute Gasteiger partial charge is 0.150 e. The molecule has 0 aromatic heterocycles. The van der Waals surface area contributed by atoms with Crippen molar-refractivity contribution in [3.05, 3.63) is 69.3 Å². The first-order valence-corrected chi connectivity index (χ1v) is 12.1. The molecule has 2 aromatic rings. The first kappa shape index (κ1) is 20.4. The Hall–Kier alpha value is -2.48. The number of hydrogen-bond acceptors (Lipinski definition) is 2. The standard InChI is InChI=1S/C29H35NO/c1-5-8-20(2)17-26-21(3)11-12-27-25(26)13-14-29(4,31-27)24-18-22-9-6-15-30-16-7-10-23(19-24)28(22)30/h11-14,17-19H,5-10,15-16H2,1-4H3/b20-17-/t29-/m0/s1. The van der Waals surface area contributed by atoms with Gasteiger partial charge in [0.15, 0.2) is 0 Å². The summed E-state index contributed by atoms with van der Waals surface area (Å²) < 4.78 is 6.75. The maximum Gasteiger partial charge on any atom is 0.150 e. The number of benzene rings is 2. The third-order valence-electron chi connectivity index (χ3n) is 7.30. The zero-order valence-electron chi connectivity index (χ0n) is 19.6. The Kier molecular flexibility index (Phi) is 5.20. The molecule has 5 rings (SSSR count). The van der Waals surface area contributed by atoms with Gasteiger partial charge in [0, 0.05) is 24.3 Å². The summed E-state index contributed by atoms with van der Waals surface area (Å²) in [5, 5.41) is 0. The highest BCUT2D eigenvalue weighted by Crippen LogP contribution is 2.43. The zero-order chi connectivity index (χ0) is 21.6.